The van der Waals surface area contributed by atoms with E-state index in [9.17, 15) is 4.79 Å². The third kappa shape index (κ3) is 4.18. The first-order valence-electron chi connectivity index (χ1n) is 7.83. The van der Waals surface area contributed by atoms with Crippen molar-refractivity contribution in [3.8, 4) is 0 Å². The first kappa shape index (κ1) is 17.5. The molecule has 0 saturated heterocycles. The van der Waals surface area contributed by atoms with Gasteiger partial charge >= 0.3 is 0 Å². The standard InChI is InChI=1S/C19H18ClN3OS/c1-13-17(18(24)21-12-14-8-10-15(20)11-9-14)25-19(22-13)23(2)16-6-4-3-5-7-16/h3-11H,12H2,1-2H3,(H,21,24). The maximum atomic E-state index is 12.5. The van der Waals surface area contributed by atoms with Crippen molar-refractivity contribution in [1.29, 1.82) is 0 Å². The fourth-order valence-corrected chi connectivity index (χ4v) is 3.45. The summed E-state index contributed by atoms with van der Waals surface area (Å²) in [7, 11) is 1.95. The van der Waals surface area contributed by atoms with Gasteiger partial charge in [-0.2, -0.15) is 0 Å². The van der Waals surface area contributed by atoms with Crippen LogP contribution < -0.4 is 10.2 Å². The molecule has 3 aromatic rings. The Morgan fingerprint density at radius 3 is 2.52 bits per heavy atom. The van der Waals surface area contributed by atoms with E-state index in [1.165, 1.54) is 11.3 Å². The number of halogens is 1. The third-order valence-electron chi connectivity index (χ3n) is 3.79. The molecule has 128 valence electrons. The molecule has 0 bridgehead atoms. The van der Waals surface area contributed by atoms with Crippen molar-refractivity contribution in [1.82, 2.24) is 10.3 Å². The number of carbonyl (C=O) groups excluding carboxylic acids is 1. The maximum absolute atomic E-state index is 12.5. The number of rotatable bonds is 5. The van der Waals surface area contributed by atoms with Crippen LogP contribution in [-0.4, -0.2) is 17.9 Å². The molecule has 0 atom stereocenters. The van der Waals surface area contributed by atoms with Gasteiger partial charge in [-0.25, -0.2) is 4.98 Å². The molecule has 1 amide bonds. The molecule has 2 aromatic carbocycles. The van der Waals surface area contributed by atoms with E-state index in [2.05, 4.69) is 10.3 Å². The van der Waals surface area contributed by atoms with Crippen LogP contribution in [0.3, 0.4) is 0 Å². The third-order valence-corrected chi connectivity index (χ3v) is 5.27. The molecule has 0 aliphatic carbocycles. The fraction of sp³-hybridized carbons (Fsp3) is 0.158. The Bertz CT molecular complexity index is 862. The molecule has 1 aromatic heterocycles. The molecule has 0 radical (unpaired) electrons. The number of thiazole rings is 1. The van der Waals surface area contributed by atoms with Crippen molar-refractivity contribution in [2.75, 3.05) is 11.9 Å². The lowest BCUT2D eigenvalue weighted by atomic mass is 10.2. The van der Waals surface area contributed by atoms with Crippen LogP contribution >= 0.6 is 22.9 Å². The number of anilines is 2. The maximum Gasteiger partial charge on any atom is 0.263 e. The van der Waals surface area contributed by atoms with E-state index in [1.54, 1.807) is 0 Å². The van der Waals surface area contributed by atoms with E-state index >= 15 is 0 Å². The van der Waals surface area contributed by atoms with Crippen LogP contribution in [0, 0.1) is 6.92 Å². The van der Waals surface area contributed by atoms with E-state index in [0.717, 1.165) is 22.1 Å². The molecule has 0 fully saturated rings. The van der Waals surface area contributed by atoms with Crippen molar-refractivity contribution >= 4 is 39.7 Å². The zero-order valence-electron chi connectivity index (χ0n) is 14.0. The second kappa shape index (κ2) is 7.68. The van der Waals surface area contributed by atoms with Gasteiger partial charge in [-0.1, -0.05) is 53.3 Å². The smallest absolute Gasteiger partial charge is 0.263 e. The lowest BCUT2D eigenvalue weighted by Gasteiger charge is -2.15. The van der Waals surface area contributed by atoms with Crippen molar-refractivity contribution in [3.05, 3.63) is 75.8 Å². The van der Waals surface area contributed by atoms with E-state index < -0.39 is 0 Å². The SMILES string of the molecule is Cc1nc(N(C)c2ccccc2)sc1C(=O)NCc1ccc(Cl)cc1. The van der Waals surface area contributed by atoms with E-state index in [1.807, 2.05) is 73.5 Å². The van der Waals surface area contributed by atoms with Crippen LogP contribution in [0.2, 0.25) is 5.02 Å². The van der Waals surface area contributed by atoms with Gasteiger partial charge in [0.25, 0.3) is 5.91 Å². The normalized spacial score (nSPS) is 10.5. The lowest BCUT2D eigenvalue weighted by molar-refractivity contribution is 0.0954. The number of carbonyl (C=O) groups is 1. The van der Waals surface area contributed by atoms with Crippen molar-refractivity contribution < 1.29 is 4.79 Å². The van der Waals surface area contributed by atoms with Gasteiger partial charge in [0.2, 0.25) is 0 Å². The van der Waals surface area contributed by atoms with Crippen LogP contribution in [0.25, 0.3) is 0 Å². The number of hydrogen-bond donors (Lipinski definition) is 1. The average Bonchev–Trinajstić information content (AvgIpc) is 3.03. The first-order chi connectivity index (χ1) is 12.0. The van der Waals surface area contributed by atoms with Gasteiger partial charge in [-0.05, 0) is 36.8 Å². The van der Waals surface area contributed by atoms with Gasteiger partial charge in [-0.3, -0.25) is 4.79 Å². The molecule has 0 saturated carbocycles. The minimum absolute atomic E-state index is 0.113. The molecule has 25 heavy (non-hydrogen) atoms. The molecule has 0 unspecified atom stereocenters. The largest absolute Gasteiger partial charge is 0.347 e. The zero-order chi connectivity index (χ0) is 17.8. The van der Waals surface area contributed by atoms with E-state index in [0.29, 0.717) is 16.4 Å². The van der Waals surface area contributed by atoms with Crippen LogP contribution in [0.4, 0.5) is 10.8 Å². The number of aryl methyl sites for hydroxylation is 1. The lowest BCUT2D eigenvalue weighted by Crippen LogP contribution is -2.22. The molecule has 1 N–H and O–H groups in total. The van der Waals surface area contributed by atoms with Crippen molar-refractivity contribution in [2.45, 2.75) is 13.5 Å². The summed E-state index contributed by atoms with van der Waals surface area (Å²) in [6.07, 6.45) is 0. The summed E-state index contributed by atoms with van der Waals surface area (Å²) in [5.41, 5.74) is 2.77. The van der Waals surface area contributed by atoms with Crippen LogP contribution in [0.1, 0.15) is 20.9 Å². The van der Waals surface area contributed by atoms with Crippen molar-refractivity contribution in [2.24, 2.45) is 0 Å². The first-order valence-corrected chi connectivity index (χ1v) is 9.03. The quantitative estimate of drug-likeness (QED) is 0.700. The Labute approximate surface area is 156 Å². The van der Waals surface area contributed by atoms with Gasteiger partial charge in [0.05, 0.1) is 5.69 Å². The number of amides is 1. The van der Waals surface area contributed by atoms with Gasteiger partial charge in [0.1, 0.15) is 4.88 Å². The van der Waals surface area contributed by atoms with Crippen LogP contribution in [0.15, 0.2) is 54.6 Å². The molecule has 0 aliphatic heterocycles. The number of para-hydroxylation sites is 1. The predicted octanol–water partition coefficient (Wildman–Crippen LogP) is 4.80. The number of hydrogen-bond acceptors (Lipinski definition) is 4. The summed E-state index contributed by atoms with van der Waals surface area (Å²) >= 11 is 7.27. The van der Waals surface area contributed by atoms with Crippen molar-refractivity contribution in [3.63, 3.8) is 0 Å². The number of nitrogens with zero attached hydrogens (tertiary/aromatic N) is 2. The molecular formula is C19H18ClN3OS. The summed E-state index contributed by atoms with van der Waals surface area (Å²) in [6.45, 7) is 2.31. The molecule has 0 spiro atoms. The summed E-state index contributed by atoms with van der Waals surface area (Å²) < 4.78 is 0. The number of benzene rings is 2. The summed E-state index contributed by atoms with van der Waals surface area (Å²) in [5.74, 6) is -0.113. The zero-order valence-corrected chi connectivity index (χ0v) is 15.6. The van der Waals surface area contributed by atoms with Gasteiger partial charge in [0, 0.05) is 24.3 Å². The highest BCUT2D eigenvalue weighted by molar-refractivity contribution is 7.17. The molecular weight excluding hydrogens is 354 g/mol. The Morgan fingerprint density at radius 1 is 1.16 bits per heavy atom. The topological polar surface area (TPSA) is 45.2 Å². The highest BCUT2D eigenvalue weighted by Gasteiger charge is 2.17. The predicted molar refractivity (Wildman–Crippen MR) is 104 cm³/mol. The molecule has 4 nitrogen and oxygen atoms in total. The minimum Gasteiger partial charge on any atom is -0.347 e. The van der Waals surface area contributed by atoms with Crippen LogP contribution in [0.5, 0.6) is 0 Å². The molecule has 0 aliphatic rings. The summed E-state index contributed by atoms with van der Waals surface area (Å²) in [5, 5.41) is 4.41. The highest BCUT2D eigenvalue weighted by atomic mass is 35.5. The molecule has 3 rings (SSSR count). The Morgan fingerprint density at radius 2 is 1.84 bits per heavy atom. The molecule has 6 heteroatoms. The molecule has 1 heterocycles. The van der Waals surface area contributed by atoms with Gasteiger partial charge in [0.15, 0.2) is 5.13 Å². The van der Waals surface area contributed by atoms with E-state index in [4.69, 9.17) is 11.6 Å². The van der Waals surface area contributed by atoms with Crippen LogP contribution in [-0.2, 0) is 6.54 Å². The minimum atomic E-state index is -0.113. The van der Waals surface area contributed by atoms with E-state index in [-0.39, 0.29) is 5.91 Å². The monoisotopic (exact) mass is 371 g/mol. The van der Waals surface area contributed by atoms with Gasteiger partial charge in [-0.15, -0.1) is 0 Å². The number of nitrogens with one attached hydrogen (secondary N) is 1. The number of aromatic nitrogens is 1. The Kier molecular flexibility index (Phi) is 5.36. The Hall–Kier alpha value is -2.37. The highest BCUT2D eigenvalue weighted by Crippen LogP contribution is 2.30. The van der Waals surface area contributed by atoms with Gasteiger partial charge < -0.3 is 10.2 Å². The second-order valence-corrected chi connectivity index (χ2v) is 7.03. The Balaban J connectivity index is 1.71. The average molecular weight is 372 g/mol. The summed E-state index contributed by atoms with van der Waals surface area (Å²) in [6, 6.07) is 17.4. The fourth-order valence-electron chi connectivity index (χ4n) is 2.36. The second-order valence-electron chi connectivity index (χ2n) is 5.61. The summed E-state index contributed by atoms with van der Waals surface area (Å²) in [4.78, 5) is 19.6.